The van der Waals surface area contributed by atoms with E-state index in [9.17, 15) is 0 Å². The Bertz CT molecular complexity index is 797. The molecule has 0 saturated carbocycles. The minimum absolute atomic E-state index is 0.305. The summed E-state index contributed by atoms with van der Waals surface area (Å²) in [5.41, 5.74) is 9.35. The van der Waals surface area contributed by atoms with E-state index in [0.29, 0.717) is 11.6 Å². The molecule has 2 aromatic carbocycles. The van der Waals surface area contributed by atoms with Crippen molar-refractivity contribution in [3.05, 3.63) is 55.9 Å². The van der Waals surface area contributed by atoms with Crippen LogP contribution >= 0.6 is 47.8 Å². The first-order valence-corrected chi connectivity index (χ1v) is 8.40. The largest absolute Gasteiger partial charge is 0.367 e. The Balaban J connectivity index is 2.21. The maximum Gasteiger partial charge on any atom is 0.230 e. The number of benzene rings is 2. The molecule has 0 aliphatic rings. The molecular formula is C15H9Br3N2O. The van der Waals surface area contributed by atoms with Crippen molar-refractivity contribution in [1.29, 1.82) is 0 Å². The van der Waals surface area contributed by atoms with Crippen molar-refractivity contribution in [2.75, 3.05) is 5.73 Å². The molecule has 0 unspecified atom stereocenters. The summed E-state index contributed by atoms with van der Waals surface area (Å²) in [6.45, 7) is 0. The second-order valence-electron chi connectivity index (χ2n) is 4.40. The van der Waals surface area contributed by atoms with Gasteiger partial charge in [-0.15, -0.1) is 0 Å². The third-order valence-electron chi connectivity index (χ3n) is 3.03. The van der Waals surface area contributed by atoms with Crippen LogP contribution in [0.3, 0.4) is 0 Å². The molecule has 106 valence electrons. The quantitative estimate of drug-likeness (QED) is 0.507. The van der Waals surface area contributed by atoms with Gasteiger partial charge >= 0.3 is 0 Å². The highest BCUT2D eigenvalue weighted by atomic mass is 79.9. The van der Waals surface area contributed by atoms with E-state index in [1.54, 1.807) is 0 Å². The Morgan fingerprint density at radius 3 is 2.29 bits per heavy atom. The topological polar surface area (TPSA) is 52.0 Å². The van der Waals surface area contributed by atoms with Crippen molar-refractivity contribution in [3.8, 4) is 22.4 Å². The molecule has 21 heavy (non-hydrogen) atoms. The van der Waals surface area contributed by atoms with Gasteiger partial charge in [0.25, 0.3) is 0 Å². The minimum Gasteiger partial charge on any atom is -0.367 e. The Morgan fingerprint density at radius 2 is 1.57 bits per heavy atom. The molecule has 0 aliphatic heterocycles. The monoisotopic (exact) mass is 470 g/mol. The van der Waals surface area contributed by atoms with Gasteiger partial charge in [-0.05, 0) is 35.9 Å². The lowest BCUT2D eigenvalue weighted by atomic mass is 10.0. The Kier molecular flexibility index (Phi) is 4.19. The molecule has 3 aromatic rings. The first-order valence-electron chi connectivity index (χ1n) is 6.03. The zero-order valence-corrected chi connectivity index (χ0v) is 15.4. The Labute approximate surface area is 146 Å². The van der Waals surface area contributed by atoms with E-state index in [4.69, 9.17) is 10.3 Å². The molecule has 1 aromatic heterocycles. The Morgan fingerprint density at radius 1 is 0.905 bits per heavy atom. The molecule has 3 nitrogen and oxygen atoms in total. The van der Waals surface area contributed by atoms with E-state index in [0.717, 1.165) is 30.1 Å². The van der Waals surface area contributed by atoms with Crippen molar-refractivity contribution in [2.45, 2.75) is 0 Å². The molecule has 0 saturated heterocycles. The summed E-state index contributed by atoms with van der Waals surface area (Å²) < 4.78 is 8.11. The van der Waals surface area contributed by atoms with Gasteiger partial charge in [-0.25, -0.2) is 0 Å². The van der Waals surface area contributed by atoms with Gasteiger partial charge in [0.1, 0.15) is 5.69 Å². The van der Waals surface area contributed by atoms with Crippen molar-refractivity contribution in [2.24, 2.45) is 0 Å². The zero-order valence-electron chi connectivity index (χ0n) is 10.6. The zero-order chi connectivity index (χ0) is 15.0. The van der Waals surface area contributed by atoms with E-state index in [1.165, 1.54) is 0 Å². The number of halogens is 3. The average Bonchev–Trinajstić information content (AvgIpc) is 2.84. The summed E-state index contributed by atoms with van der Waals surface area (Å²) in [5, 5.41) is 4.12. The van der Waals surface area contributed by atoms with E-state index in [-0.39, 0.29) is 0 Å². The summed E-state index contributed by atoms with van der Waals surface area (Å²) in [6.07, 6.45) is 0. The van der Waals surface area contributed by atoms with Crippen LogP contribution in [0.2, 0.25) is 0 Å². The van der Waals surface area contributed by atoms with Gasteiger partial charge < -0.3 is 10.3 Å². The number of hydrogen-bond donors (Lipinski definition) is 1. The van der Waals surface area contributed by atoms with Crippen LogP contribution in [0, 0.1) is 0 Å². The van der Waals surface area contributed by atoms with Crippen LogP contribution in [0.15, 0.2) is 60.4 Å². The predicted octanol–water partition coefficient (Wildman–Crippen LogP) is 5.88. The molecule has 0 aliphatic carbocycles. The number of nitrogen functional groups attached to an aromatic ring is 1. The molecule has 0 spiro atoms. The highest BCUT2D eigenvalue weighted by molar-refractivity contribution is 9.11. The first-order chi connectivity index (χ1) is 10.1. The maximum absolute atomic E-state index is 5.97. The molecule has 0 amide bonds. The van der Waals surface area contributed by atoms with Crippen molar-refractivity contribution < 1.29 is 4.52 Å². The van der Waals surface area contributed by atoms with E-state index in [1.807, 2.05) is 42.5 Å². The SMILES string of the molecule is Nc1onc(-c2cc(Br)ccc2Br)c1-c1ccc(Br)cc1. The van der Waals surface area contributed by atoms with Gasteiger partial charge in [0.2, 0.25) is 5.88 Å². The summed E-state index contributed by atoms with van der Waals surface area (Å²) in [5.74, 6) is 0.305. The molecule has 0 radical (unpaired) electrons. The van der Waals surface area contributed by atoms with Gasteiger partial charge in [0.15, 0.2) is 0 Å². The van der Waals surface area contributed by atoms with E-state index < -0.39 is 0 Å². The van der Waals surface area contributed by atoms with Gasteiger partial charge in [-0.1, -0.05) is 65.1 Å². The molecule has 3 rings (SSSR count). The Hall–Kier alpha value is -1.11. The van der Waals surface area contributed by atoms with Crippen LogP contribution in [-0.2, 0) is 0 Å². The van der Waals surface area contributed by atoms with Gasteiger partial charge in [0, 0.05) is 19.0 Å². The molecule has 1 heterocycles. The van der Waals surface area contributed by atoms with Crippen LogP contribution in [-0.4, -0.2) is 5.16 Å². The fourth-order valence-electron chi connectivity index (χ4n) is 2.06. The molecule has 0 fully saturated rings. The third-order valence-corrected chi connectivity index (χ3v) is 4.75. The second-order valence-corrected chi connectivity index (χ2v) is 7.09. The average molecular weight is 473 g/mol. The lowest BCUT2D eigenvalue weighted by Gasteiger charge is -2.06. The minimum atomic E-state index is 0.305. The number of nitrogens with two attached hydrogens (primary N) is 1. The number of nitrogens with zero attached hydrogens (tertiary/aromatic N) is 1. The van der Waals surface area contributed by atoms with Gasteiger partial charge in [0.05, 0.1) is 5.56 Å². The number of aromatic nitrogens is 1. The summed E-state index contributed by atoms with van der Waals surface area (Å²) >= 11 is 10.4. The number of anilines is 1. The summed E-state index contributed by atoms with van der Waals surface area (Å²) in [4.78, 5) is 0. The summed E-state index contributed by atoms with van der Waals surface area (Å²) in [6, 6.07) is 13.8. The summed E-state index contributed by atoms with van der Waals surface area (Å²) in [7, 11) is 0. The smallest absolute Gasteiger partial charge is 0.230 e. The normalized spacial score (nSPS) is 10.8. The molecule has 0 atom stereocenters. The fourth-order valence-corrected chi connectivity index (χ4v) is 3.12. The lowest BCUT2D eigenvalue weighted by molar-refractivity contribution is 0.439. The fraction of sp³-hybridized carbons (Fsp3) is 0. The van der Waals surface area contributed by atoms with Gasteiger partial charge in [-0.3, -0.25) is 0 Å². The molecular weight excluding hydrogens is 464 g/mol. The lowest BCUT2D eigenvalue weighted by Crippen LogP contribution is -1.88. The maximum atomic E-state index is 5.97. The van der Waals surface area contributed by atoms with Crippen LogP contribution in [0.5, 0.6) is 0 Å². The van der Waals surface area contributed by atoms with Crippen LogP contribution < -0.4 is 5.73 Å². The van der Waals surface area contributed by atoms with Crippen molar-refractivity contribution >= 4 is 53.7 Å². The van der Waals surface area contributed by atoms with Crippen LogP contribution in [0.1, 0.15) is 0 Å². The predicted molar refractivity (Wildman–Crippen MR) is 94.9 cm³/mol. The molecule has 2 N–H and O–H groups in total. The number of rotatable bonds is 2. The van der Waals surface area contributed by atoms with E-state index >= 15 is 0 Å². The highest BCUT2D eigenvalue weighted by Crippen LogP contribution is 2.40. The molecule has 6 heteroatoms. The van der Waals surface area contributed by atoms with Crippen molar-refractivity contribution in [3.63, 3.8) is 0 Å². The van der Waals surface area contributed by atoms with Crippen LogP contribution in [0.25, 0.3) is 22.4 Å². The standard InChI is InChI=1S/C15H9Br3N2O/c16-9-3-1-8(2-4-9)13-14(20-21-15(13)19)11-7-10(17)5-6-12(11)18/h1-7H,19H2. The molecule has 0 bridgehead atoms. The second kappa shape index (κ2) is 5.94. The number of hydrogen-bond acceptors (Lipinski definition) is 3. The first kappa shape index (κ1) is 14.8. The van der Waals surface area contributed by atoms with Crippen molar-refractivity contribution in [1.82, 2.24) is 5.16 Å². The third kappa shape index (κ3) is 2.93. The van der Waals surface area contributed by atoms with Gasteiger partial charge in [-0.2, -0.15) is 0 Å². The van der Waals surface area contributed by atoms with Crippen LogP contribution in [0.4, 0.5) is 5.88 Å². The van der Waals surface area contributed by atoms with E-state index in [2.05, 4.69) is 52.9 Å². The highest BCUT2D eigenvalue weighted by Gasteiger charge is 2.19.